The first-order chi connectivity index (χ1) is 14.8. The van der Waals surface area contributed by atoms with Crippen molar-refractivity contribution in [3.05, 3.63) is 114 Å². The first kappa shape index (κ1) is 19.2. The molecule has 1 aromatic heterocycles. The molecular formula is C25H20N2O3. The van der Waals surface area contributed by atoms with E-state index in [1.165, 1.54) is 6.21 Å². The van der Waals surface area contributed by atoms with E-state index in [9.17, 15) is 4.79 Å². The molecule has 3 aromatic carbocycles. The van der Waals surface area contributed by atoms with Gasteiger partial charge >= 0.3 is 0 Å². The number of nitrogens with zero attached hydrogens (tertiary/aromatic N) is 1. The molecule has 5 heteroatoms. The molecule has 0 saturated carbocycles. The number of ether oxygens (including phenoxy) is 1. The quantitative estimate of drug-likeness (QED) is 0.341. The van der Waals surface area contributed by atoms with Crippen LogP contribution in [0, 0.1) is 0 Å². The number of hydrogen-bond donors (Lipinski definition) is 1. The SMILES string of the molecule is O=C(N/N=C\c1ccco1)c1ccc(COc2ccccc2-c2ccccc2)cc1. The van der Waals surface area contributed by atoms with E-state index in [0.717, 1.165) is 22.4 Å². The number of rotatable bonds is 7. The van der Waals surface area contributed by atoms with Crippen LogP contribution in [0.4, 0.5) is 0 Å². The van der Waals surface area contributed by atoms with E-state index < -0.39 is 0 Å². The highest BCUT2D eigenvalue weighted by Gasteiger charge is 2.07. The van der Waals surface area contributed by atoms with E-state index in [2.05, 4.69) is 22.7 Å². The van der Waals surface area contributed by atoms with Gasteiger partial charge in [0.25, 0.3) is 5.91 Å². The second-order valence-electron chi connectivity index (χ2n) is 6.56. The number of benzene rings is 3. The summed E-state index contributed by atoms with van der Waals surface area (Å²) in [6, 6.07) is 28.8. The Morgan fingerprint density at radius 3 is 2.43 bits per heavy atom. The third kappa shape index (κ3) is 4.83. The number of carbonyl (C=O) groups excluding carboxylic acids is 1. The maximum atomic E-state index is 12.2. The summed E-state index contributed by atoms with van der Waals surface area (Å²) in [7, 11) is 0. The molecule has 1 N–H and O–H groups in total. The van der Waals surface area contributed by atoms with Crippen molar-refractivity contribution in [3.8, 4) is 16.9 Å². The molecule has 0 saturated heterocycles. The van der Waals surface area contributed by atoms with Crippen molar-refractivity contribution in [1.82, 2.24) is 5.43 Å². The predicted octanol–water partition coefficient (Wildman–Crippen LogP) is 5.29. The number of para-hydroxylation sites is 1. The van der Waals surface area contributed by atoms with Crippen molar-refractivity contribution in [2.45, 2.75) is 6.61 Å². The average Bonchev–Trinajstić information content (AvgIpc) is 3.32. The molecule has 4 aromatic rings. The van der Waals surface area contributed by atoms with Crippen molar-refractivity contribution in [1.29, 1.82) is 0 Å². The first-order valence-electron chi connectivity index (χ1n) is 9.53. The second kappa shape index (κ2) is 9.39. The number of nitrogens with one attached hydrogen (secondary N) is 1. The van der Waals surface area contributed by atoms with Crippen LogP contribution in [-0.4, -0.2) is 12.1 Å². The highest BCUT2D eigenvalue weighted by molar-refractivity contribution is 5.94. The van der Waals surface area contributed by atoms with Gasteiger partial charge in [-0.2, -0.15) is 5.10 Å². The third-order valence-corrected chi connectivity index (χ3v) is 4.48. The van der Waals surface area contributed by atoms with Crippen LogP contribution in [0.3, 0.4) is 0 Å². The lowest BCUT2D eigenvalue weighted by atomic mass is 10.0. The van der Waals surface area contributed by atoms with Crippen molar-refractivity contribution in [3.63, 3.8) is 0 Å². The van der Waals surface area contributed by atoms with Gasteiger partial charge in [-0.15, -0.1) is 0 Å². The predicted molar refractivity (Wildman–Crippen MR) is 116 cm³/mol. The zero-order valence-electron chi connectivity index (χ0n) is 16.2. The summed E-state index contributed by atoms with van der Waals surface area (Å²) in [4.78, 5) is 12.2. The lowest BCUT2D eigenvalue weighted by Crippen LogP contribution is -2.17. The van der Waals surface area contributed by atoms with Gasteiger partial charge in [-0.25, -0.2) is 5.43 Å². The molecule has 0 fully saturated rings. The highest BCUT2D eigenvalue weighted by Crippen LogP contribution is 2.30. The van der Waals surface area contributed by atoms with Crippen molar-refractivity contribution >= 4 is 12.1 Å². The van der Waals surface area contributed by atoms with Crippen LogP contribution in [0.1, 0.15) is 21.7 Å². The Kier molecular flexibility index (Phi) is 6.01. The topological polar surface area (TPSA) is 63.8 Å². The number of carbonyl (C=O) groups is 1. The zero-order chi connectivity index (χ0) is 20.6. The number of amides is 1. The molecule has 1 amide bonds. The Hall–Kier alpha value is -4.12. The van der Waals surface area contributed by atoms with E-state index in [1.807, 2.05) is 54.6 Å². The van der Waals surface area contributed by atoms with Gasteiger partial charge in [-0.05, 0) is 41.5 Å². The summed E-state index contributed by atoms with van der Waals surface area (Å²) in [6.07, 6.45) is 2.99. The molecule has 30 heavy (non-hydrogen) atoms. The Morgan fingerprint density at radius 2 is 1.67 bits per heavy atom. The van der Waals surface area contributed by atoms with E-state index in [0.29, 0.717) is 17.9 Å². The summed E-state index contributed by atoms with van der Waals surface area (Å²) in [5, 5.41) is 3.88. The van der Waals surface area contributed by atoms with Gasteiger partial charge < -0.3 is 9.15 Å². The Morgan fingerprint density at radius 1 is 0.900 bits per heavy atom. The van der Waals surface area contributed by atoms with Crippen molar-refractivity contribution < 1.29 is 13.9 Å². The first-order valence-corrected chi connectivity index (χ1v) is 9.53. The Bertz CT molecular complexity index is 1120. The molecule has 0 unspecified atom stereocenters. The number of hydrogen-bond acceptors (Lipinski definition) is 4. The largest absolute Gasteiger partial charge is 0.488 e. The summed E-state index contributed by atoms with van der Waals surface area (Å²) in [6.45, 7) is 0.405. The number of hydrazone groups is 1. The van der Waals surface area contributed by atoms with Crippen LogP contribution in [0.15, 0.2) is 107 Å². The molecule has 0 aliphatic rings. The van der Waals surface area contributed by atoms with Gasteiger partial charge in [-0.3, -0.25) is 4.79 Å². The minimum Gasteiger partial charge on any atom is -0.488 e. The molecule has 0 aliphatic heterocycles. The fraction of sp³-hybridized carbons (Fsp3) is 0.0400. The van der Waals surface area contributed by atoms with Crippen LogP contribution < -0.4 is 10.2 Å². The summed E-state index contributed by atoms with van der Waals surface area (Å²) in [5.74, 6) is 1.09. The average molecular weight is 396 g/mol. The molecule has 5 nitrogen and oxygen atoms in total. The standard InChI is InChI=1S/C25H20N2O3/c28-25(27-26-17-22-9-6-16-29-22)21-14-12-19(13-15-21)18-30-24-11-5-4-10-23(24)20-7-2-1-3-8-20/h1-17H,18H2,(H,27,28)/b26-17-. The molecule has 0 atom stereocenters. The van der Waals surface area contributed by atoms with E-state index in [4.69, 9.17) is 9.15 Å². The lowest BCUT2D eigenvalue weighted by Gasteiger charge is -2.12. The van der Waals surface area contributed by atoms with Gasteiger partial charge in [0.05, 0.1) is 12.5 Å². The van der Waals surface area contributed by atoms with Crippen molar-refractivity contribution in [2.24, 2.45) is 5.10 Å². The highest BCUT2D eigenvalue weighted by atomic mass is 16.5. The van der Waals surface area contributed by atoms with E-state index >= 15 is 0 Å². The molecule has 1 heterocycles. The molecule has 0 aliphatic carbocycles. The number of furan rings is 1. The van der Waals surface area contributed by atoms with Gasteiger partial charge in [0.1, 0.15) is 18.1 Å². The smallest absolute Gasteiger partial charge is 0.271 e. The minimum absolute atomic E-state index is 0.292. The van der Waals surface area contributed by atoms with Crippen LogP contribution in [0.2, 0.25) is 0 Å². The molecule has 4 rings (SSSR count). The molecule has 0 bridgehead atoms. The van der Waals surface area contributed by atoms with Crippen LogP contribution in [0.5, 0.6) is 5.75 Å². The van der Waals surface area contributed by atoms with E-state index in [1.54, 1.807) is 30.5 Å². The van der Waals surface area contributed by atoms with Gasteiger partial charge in [-0.1, -0.05) is 60.7 Å². The van der Waals surface area contributed by atoms with Crippen LogP contribution >= 0.6 is 0 Å². The molecule has 0 radical (unpaired) electrons. The Labute approximate surface area is 174 Å². The second-order valence-corrected chi connectivity index (χ2v) is 6.56. The van der Waals surface area contributed by atoms with Gasteiger partial charge in [0.15, 0.2) is 0 Å². The normalized spacial score (nSPS) is 10.8. The van der Waals surface area contributed by atoms with Crippen LogP contribution in [0.25, 0.3) is 11.1 Å². The van der Waals surface area contributed by atoms with E-state index in [-0.39, 0.29) is 5.91 Å². The summed E-state index contributed by atoms with van der Waals surface area (Å²) < 4.78 is 11.2. The Balaban J connectivity index is 1.37. The minimum atomic E-state index is -0.292. The van der Waals surface area contributed by atoms with Gasteiger partial charge in [0.2, 0.25) is 0 Å². The molecule has 148 valence electrons. The summed E-state index contributed by atoms with van der Waals surface area (Å²) >= 11 is 0. The zero-order valence-corrected chi connectivity index (χ0v) is 16.2. The molecule has 0 spiro atoms. The lowest BCUT2D eigenvalue weighted by molar-refractivity contribution is 0.0955. The van der Waals surface area contributed by atoms with Crippen molar-refractivity contribution in [2.75, 3.05) is 0 Å². The fourth-order valence-electron chi connectivity index (χ4n) is 2.95. The summed E-state index contributed by atoms with van der Waals surface area (Å²) in [5.41, 5.74) is 6.11. The third-order valence-electron chi connectivity index (χ3n) is 4.48. The monoisotopic (exact) mass is 396 g/mol. The van der Waals surface area contributed by atoms with Gasteiger partial charge in [0, 0.05) is 11.1 Å². The maximum Gasteiger partial charge on any atom is 0.271 e. The van der Waals surface area contributed by atoms with Crippen LogP contribution in [-0.2, 0) is 6.61 Å². The molecular weight excluding hydrogens is 376 g/mol. The maximum absolute atomic E-state index is 12.2. The fourth-order valence-corrected chi connectivity index (χ4v) is 2.95.